The van der Waals surface area contributed by atoms with Crippen LogP contribution in [0.2, 0.25) is 0 Å². The molecule has 0 aliphatic rings. The number of thiol groups is 1. The number of hydrogen-bond acceptors (Lipinski definition) is 6. The second kappa shape index (κ2) is 5.16. The molecule has 14 heavy (non-hydrogen) atoms. The summed E-state index contributed by atoms with van der Waals surface area (Å²) < 4.78 is 0. The first-order valence-corrected chi connectivity index (χ1v) is 4.73. The van der Waals surface area contributed by atoms with E-state index in [0.29, 0.717) is 11.5 Å². The van der Waals surface area contributed by atoms with Crippen molar-refractivity contribution >= 4 is 18.4 Å². The first kappa shape index (κ1) is 11.3. The molecule has 0 fully saturated rings. The Hall–Kier alpha value is -0.820. The van der Waals surface area contributed by atoms with Gasteiger partial charge in [-0.15, -0.1) is 0 Å². The lowest BCUT2D eigenvalue weighted by Crippen LogP contribution is -2.21. The highest BCUT2D eigenvalue weighted by Gasteiger charge is 2.18. The Morgan fingerprint density at radius 3 is 2.79 bits per heavy atom. The van der Waals surface area contributed by atoms with E-state index in [-0.39, 0.29) is 5.75 Å². The van der Waals surface area contributed by atoms with Crippen LogP contribution in [0.25, 0.3) is 0 Å². The quantitative estimate of drug-likeness (QED) is 0.270. The number of hydrogen-bond donors (Lipinski definition) is 5. The number of aliphatic hydroxyl groups excluding tert-OH is 2. The van der Waals surface area contributed by atoms with E-state index in [4.69, 9.17) is 5.84 Å². The van der Waals surface area contributed by atoms with Gasteiger partial charge in [-0.25, -0.2) is 10.8 Å². The maximum absolute atomic E-state index is 9.58. The molecule has 2 unspecified atom stereocenters. The van der Waals surface area contributed by atoms with Gasteiger partial charge in [0.1, 0.15) is 11.9 Å². The van der Waals surface area contributed by atoms with Gasteiger partial charge in [-0.1, -0.05) is 6.07 Å². The monoisotopic (exact) mass is 215 g/mol. The van der Waals surface area contributed by atoms with Crippen LogP contribution in [0.3, 0.4) is 0 Å². The molecule has 0 saturated carbocycles. The van der Waals surface area contributed by atoms with Crippen LogP contribution in [0.1, 0.15) is 11.8 Å². The highest BCUT2D eigenvalue weighted by molar-refractivity contribution is 7.80. The van der Waals surface area contributed by atoms with Gasteiger partial charge in [-0.2, -0.15) is 12.6 Å². The number of pyridine rings is 1. The van der Waals surface area contributed by atoms with E-state index >= 15 is 0 Å². The van der Waals surface area contributed by atoms with Gasteiger partial charge in [-0.3, -0.25) is 0 Å². The van der Waals surface area contributed by atoms with Crippen molar-refractivity contribution in [2.75, 3.05) is 11.2 Å². The number of nitrogen functional groups attached to an aromatic ring is 1. The Morgan fingerprint density at radius 2 is 2.21 bits per heavy atom. The van der Waals surface area contributed by atoms with E-state index < -0.39 is 12.2 Å². The Balaban J connectivity index is 2.83. The molecule has 6 heteroatoms. The standard InChI is InChI=1S/C8H13N3O2S/c9-11-7-3-1-2-5(10-7)8(13)6(12)4-14/h1-3,6,8,12-14H,4,9H2,(H,10,11). The Kier molecular flexibility index (Phi) is 4.15. The van der Waals surface area contributed by atoms with E-state index in [2.05, 4.69) is 23.0 Å². The molecule has 78 valence electrons. The predicted molar refractivity (Wildman–Crippen MR) is 56.9 cm³/mol. The molecule has 0 aromatic carbocycles. The first-order valence-electron chi connectivity index (χ1n) is 4.09. The van der Waals surface area contributed by atoms with Crippen molar-refractivity contribution in [2.24, 2.45) is 5.84 Å². The third-order valence-corrected chi connectivity index (χ3v) is 2.15. The lowest BCUT2D eigenvalue weighted by Gasteiger charge is -2.15. The molecule has 0 aliphatic carbocycles. The molecule has 1 heterocycles. The number of hydrazine groups is 1. The summed E-state index contributed by atoms with van der Waals surface area (Å²) >= 11 is 3.88. The number of nitrogens with two attached hydrogens (primary N) is 1. The van der Waals surface area contributed by atoms with Gasteiger partial charge in [0, 0.05) is 5.75 Å². The summed E-state index contributed by atoms with van der Waals surface area (Å²) in [4.78, 5) is 3.98. The lowest BCUT2D eigenvalue weighted by atomic mass is 10.1. The van der Waals surface area contributed by atoms with E-state index in [1.807, 2.05) is 0 Å². The normalized spacial score (nSPS) is 14.9. The highest BCUT2D eigenvalue weighted by atomic mass is 32.1. The maximum atomic E-state index is 9.58. The largest absolute Gasteiger partial charge is 0.389 e. The van der Waals surface area contributed by atoms with Crippen LogP contribution in [-0.2, 0) is 0 Å². The van der Waals surface area contributed by atoms with Gasteiger partial charge in [0.15, 0.2) is 0 Å². The molecule has 0 spiro atoms. The number of anilines is 1. The average Bonchev–Trinajstić information content (AvgIpc) is 2.27. The second-order valence-corrected chi connectivity index (χ2v) is 3.15. The van der Waals surface area contributed by atoms with Crippen molar-refractivity contribution in [3.63, 3.8) is 0 Å². The minimum atomic E-state index is -1.04. The predicted octanol–water partition coefficient (Wildman–Crippen LogP) is -0.309. The highest BCUT2D eigenvalue weighted by Crippen LogP contribution is 2.16. The molecule has 0 amide bonds. The molecular formula is C8H13N3O2S. The van der Waals surface area contributed by atoms with Crippen LogP contribution in [0.5, 0.6) is 0 Å². The zero-order valence-electron chi connectivity index (χ0n) is 7.46. The zero-order chi connectivity index (χ0) is 10.6. The summed E-state index contributed by atoms with van der Waals surface area (Å²) in [5.41, 5.74) is 2.72. The van der Waals surface area contributed by atoms with Crippen molar-refractivity contribution in [3.8, 4) is 0 Å². The van der Waals surface area contributed by atoms with Crippen LogP contribution < -0.4 is 11.3 Å². The van der Waals surface area contributed by atoms with Crippen LogP contribution in [0.15, 0.2) is 18.2 Å². The molecule has 1 aromatic heterocycles. The first-order chi connectivity index (χ1) is 6.69. The fourth-order valence-electron chi connectivity index (χ4n) is 0.994. The van der Waals surface area contributed by atoms with Crippen molar-refractivity contribution in [2.45, 2.75) is 12.2 Å². The summed E-state index contributed by atoms with van der Waals surface area (Å²) in [6.45, 7) is 0. The lowest BCUT2D eigenvalue weighted by molar-refractivity contribution is 0.0311. The van der Waals surface area contributed by atoms with Crippen LogP contribution >= 0.6 is 12.6 Å². The average molecular weight is 215 g/mol. The summed E-state index contributed by atoms with van der Waals surface area (Å²) in [6.07, 6.45) is -1.97. The number of rotatable bonds is 4. The van der Waals surface area contributed by atoms with Crippen molar-refractivity contribution < 1.29 is 10.2 Å². The molecular weight excluding hydrogens is 202 g/mol. The SMILES string of the molecule is NNc1cccc(C(O)C(O)CS)n1. The van der Waals surface area contributed by atoms with E-state index in [1.165, 1.54) is 0 Å². The molecule has 1 aromatic rings. The number of nitrogens with one attached hydrogen (secondary N) is 1. The Morgan fingerprint density at radius 1 is 1.50 bits per heavy atom. The van der Waals surface area contributed by atoms with Crippen molar-refractivity contribution in [3.05, 3.63) is 23.9 Å². The molecule has 2 atom stereocenters. The zero-order valence-corrected chi connectivity index (χ0v) is 8.35. The van der Waals surface area contributed by atoms with Crippen LogP contribution in [0.4, 0.5) is 5.82 Å². The topological polar surface area (TPSA) is 91.4 Å². The Labute approximate surface area is 87.3 Å². The Bertz CT molecular complexity index is 298. The third-order valence-electron chi connectivity index (χ3n) is 1.77. The van der Waals surface area contributed by atoms with Crippen LogP contribution in [-0.4, -0.2) is 27.1 Å². The van der Waals surface area contributed by atoms with Gasteiger partial charge in [-0.05, 0) is 12.1 Å². The molecule has 0 radical (unpaired) electrons. The number of nitrogens with zero attached hydrogens (tertiary/aromatic N) is 1. The number of aromatic nitrogens is 1. The molecule has 0 saturated heterocycles. The molecule has 0 bridgehead atoms. The summed E-state index contributed by atoms with van der Waals surface area (Å²) in [5.74, 6) is 5.76. The van der Waals surface area contributed by atoms with E-state index in [0.717, 1.165) is 0 Å². The van der Waals surface area contributed by atoms with Gasteiger partial charge < -0.3 is 15.6 Å². The van der Waals surface area contributed by atoms with E-state index in [1.54, 1.807) is 18.2 Å². The third kappa shape index (κ3) is 2.58. The van der Waals surface area contributed by atoms with Gasteiger partial charge >= 0.3 is 0 Å². The van der Waals surface area contributed by atoms with Gasteiger partial charge in [0.25, 0.3) is 0 Å². The van der Waals surface area contributed by atoms with Crippen molar-refractivity contribution in [1.29, 1.82) is 0 Å². The van der Waals surface area contributed by atoms with Crippen LogP contribution in [0, 0.1) is 0 Å². The summed E-state index contributed by atoms with van der Waals surface area (Å²) in [6, 6.07) is 4.95. The summed E-state index contributed by atoms with van der Waals surface area (Å²) in [5, 5.41) is 18.9. The minimum Gasteiger partial charge on any atom is -0.389 e. The minimum absolute atomic E-state index is 0.170. The molecule has 5 nitrogen and oxygen atoms in total. The van der Waals surface area contributed by atoms with Gasteiger partial charge in [0.05, 0.1) is 11.8 Å². The second-order valence-electron chi connectivity index (χ2n) is 2.79. The summed E-state index contributed by atoms with van der Waals surface area (Å²) in [7, 11) is 0. The number of aliphatic hydroxyl groups is 2. The fraction of sp³-hybridized carbons (Fsp3) is 0.375. The van der Waals surface area contributed by atoms with Gasteiger partial charge in [0.2, 0.25) is 0 Å². The maximum Gasteiger partial charge on any atom is 0.140 e. The molecule has 5 N–H and O–H groups in total. The fourth-order valence-corrected chi connectivity index (χ4v) is 1.19. The smallest absolute Gasteiger partial charge is 0.140 e. The van der Waals surface area contributed by atoms with E-state index in [9.17, 15) is 10.2 Å². The molecule has 0 aliphatic heterocycles. The molecule has 1 rings (SSSR count). The van der Waals surface area contributed by atoms with Crippen molar-refractivity contribution in [1.82, 2.24) is 4.98 Å².